The van der Waals surface area contributed by atoms with Crippen LogP contribution in [0.3, 0.4) is 0 Å². The predicted molar refractivity (Wildman–Crippen MR) is 101 cm³/mol. The molecule has 1 amide bonds. The molecule has 0 spiro atoms. The van der Waals surface area contributed by atoms with Gasteiger partial charge in [0, 0.05) is 18.5 Å². The molecule has 29 heavy (non-hydrogen) atoms. The number of hydrogen-bond acceptors (Lipinski definition) is 5. The number of amides is 1. The third kappa shape index (κ3) is 4.61. The molecule has 8 heteroatoms. The van der Waals surface area contributed by atoms with Crippen LogP contribution in [0.1, 0.15) is 34.3 Å². The van der Waals surface area contributed by atoms with Gasteiger partial charge in [-0.2, -0.15) is 0 Å². The summed E-state index contributed by atoms with van der Waals surface area (Å²) in [4.78, 5) is 12.4. The summed E-state index contributed by atoms with van der Waals surface area (Å²) in [5.74, 6) is -1.50. The molecule has 6 nitrogen and oxygen atoms in total. The van der Waals surface area contributed by atoms with Crippen molar-refractivity contribution in [2.45, 2.75) is 25.2 Å². The molecule has 1 aromatic heterocycles. The average molecular weight is 399 g/mol. The van der Waals surface area contributed by atoms with Crippen molar-refractivity contribution < 1.29 is 22.7 Å². The van der Waals surface area contributed by atoms with E-state index >= 15 is 0 Å². The number of carbonyl (C=O) groups excluding carboxylic acids is 1. The number of halogens is 2. The van der Waals surface area contributed by atoms with Gasteiger partial charge in [0.1, 0.15) is 18.2 Å². The number of nitrogens with one attached hydrogen (secondary N) is 3. The fourth-order valence-electron chi connectivity index (χ4n) is 3.10. The molecule has 1 saturated heterocycles. The molecule has 2 atom stereocenters. The molecular formula is C21H19F2N3O3. The summed E-state index contributed by atoms with van der Waals surface area (Å²) in [6.07, 6.45) is 0.418. The summed E-state index contributed by atoms with van der Waals surface area (Å²) >= 11 is 0. The summed E-state index contributed by atoms with van der Waals surface area (Å²) in [5.41, 5.74) is 7.33. The Morgan fingerprint density at radius 3 is 2.72 bits per heavy atom. The molecule has 2 unspecified atom stereocenters. The molecule has 4 rings (SSSR count). The zero-order valence-corrected chi connectivity index (χ0v) is 15.3. The predicted octanol–water partition coefficient (Wildman–Crippen LogP) is 3.43. The smallest absolute Gasteiger partial charge is 0.288 e. The first-order chi connectivity index (χ1) is 14.1. The molecule has 0 saturated carbocycles. The Hall–Kier alpha value is -3.23. The third-order valence-corrected chi connectivity index (χ3v) is 4.56. The van der Waals surface area contributed by atoms with Crippen LogP contribution in [0.15, 0.2) is 65.1 Å². The minimum atomic E-state index is -0.803. The zero-order valence-electron chi connectivity index (χ0n) is 15.3. The summed E-state index contributed by atoms with van der Waals surface area (Å²) < 4.78 is 37.3. The highest BCUT2D eigenvalue weighted by atomic mass is 19.1. The van der Waals surface area contributed by atoms with Gasteiger partial charge in [0.15, 0.2) is 17.3 Å². The van der Waals surface area contributed by atoms with Crippen LogP contribution in [0.5, 0.6) is 5.75 Å². The Morgan fingerprint density at radius 2 is 1.93 bits per heavy atom. The molecular weight excluding hydrogens is 380 g/mol. The van der Waals surface area contributed by atoms with Gasteiger partial charge >= 0.3 is 0 Å². The summed E-state index contributed by atoms with van der Waals surface area (Å²) in [6, 6.07) is 16.1. The maximum Gasteiger partial charge on any atom is 0.288 e. The Bertz CT molecular complexity index is 994. The van der Waals surface area contributed by atoms with Crippen molar-refractivity contribution in [2.24, 2.45) is 0 Å². The highest BCUT2D eigenvalue weighted by Gasteiger charge is 2.27. The van der Waals surface area contributed by atoms with Gasteiger partial charge in [-0.3, -0.25) is 4.79 Å². The number of rotatable bonds is 6. The molecule has 2 heterocycles. The van der Waals surface area contributed by atoms with E-state index in [0.29, 0.717) is 12.2 Å². The third-order valence-electron chi connectivity index (χ3n) is 4.56. The summed E-state index contributed by atoms with van der Waals surface area (Å²) in [5, 5.41) is 2.85. The Balaban J connectivity index is 1.30. The van der Waals surface area contributed by atoms with Gasteiger partial charge in [-0.1, -0.05) is 30.3 Å². The molecule has 150 valence electrons. The fraction of sp³-hybridized carbons (Fsp3) is 0.190. The second kappa shape index (κ2) is 8.42. The van der Waals surface area contributed by atoms with Crippen molar-refractivity contribution >= 4 is 5.91 Å². The van der Waals surface area contributed by atoms with E-state index in [0.717, 1.165) is 17.7 Å². The quantitative estimate of drug-likeness (QED) is 0.592. The normalized spacial score (nSPS) is 18.6. The van der Waals surface area contributed by atoms with E-state index in [2.05, 4.69) is 16.2 Å². The maximum atomic E-state index is 13.6. The van der Waals surface area contributed by atoms with Gasteiger partial charge in [0.05, 0.1) is 6.17 Å². The fourth-order valence-corrected chi connectivity index (χ4v) is 3.10. The SMILES string of the molecule is O=C(NC1CC(c2ccccc2)NN1)c1ccc(COc2ccc(F)cc2F)o1. The standard InChI is InChI=1S/C21H19F2N3O3/c22-14-6-8-18(16(23)10-14)28-12-15-7-9-19(29-15)21(27)24-20-11-17(25-26-20)13-4-2-1-3-5-13/h1-10,17,20,25-26H,11-12H2,(H,24,27). The monoisotopic (exact) mass is 399 g/mol. The van der Waals surface area contributed by atoms with Gasteiger partial charge in [-0.25, -0.2) is 19.6 Å². The highest BCUT2D eigenvalue weighted by Crippen LogP contribution is 2.22. The van der Waals surface area contributed by atoms with Crippen LogP contribution in [-0.4, -0.2) is 12.1 Å². The van der Waals surface area contributed by atoms with E-state index in [9.17, 15) is 13.6 Å². The second-order valence-electron chi connectivity index (χ2n) is 6.64. The first-order valence-electron chi connectivity index (χ1n) is 9.12. The van der Waals surface area contributed by atoms with Crippen LogP contribution >= 0.6 is 0 Å². The van der Waals surface area contributed by atoms with Crippen LogP contribution in [0.4, 0.5) is 8.78 Å². The molecule has 3 aromatic rings. The van der Waals surface area contributed by atoms with Crippen molar-refractivity contribution in [3.8, 4) is 5.75 Å². The van der Waals surface area contributed by atoms with Gasteiger partial charge in [-0.05, 0) is 29.8 Å². The van der Waals surface area contributed by atoms with Gasteiger partial charge < -0.3 is 14.5 Å². The van der Waals surface area contributed by atoms with E-state index in [4.69, 9.17) is 9.15 Å². The lowest BCUT2D eigenvalue weighted by atomic mass is 10.0. The Morgan fingerprint density at radius 1 is 1.10 bits per heavy atom. The van der Waals surface area contributed by atoms with E-state index in [1.54, 1.807) is 6.07 Å². The number of hydrazine groups is 1. The van der Waals surface area contributed by atoms with Crippen LogP contribution in [-0.2, 0) is 6.61 Å². The molecule has 0 aliphatic carbocycles. The zero-order chi connectivity index (χ0) is 20.2. The average Bonchev–Trinajstić information content (AvgIpc) is 3.38. The Kier molecular flexibility index (Phi) is 5.55. The minimum Gasteiger partial charge on any atom is -0.483 e. The van der Waals surface area contributed by atoms with Crippen LogP contribution in [0.25, 0.3) is 0 Å². The first kappa shape index (κ1) is 19.1. The lowest BCUT2D eigenvalue weighted by molar-refractivity contribution is 0.0900. The van der Waals surface area contributed by atoms with Crippen molar-refractivity contribution in [1.29, 1.82) is 0 Å². The number of furan rings is 1. The highest BCUT2D eigenvalue weighted by molar-refractivity contribution is 5.91. The topological polar surface area (TPSA) is 75.5 Å². The second-order valence-corrected chi connectivity index (χ2v) is 6.64. The minimum absolute atomic E-state index is 0.0881. The number of ether oxygens (including phenoxy) is 1. The van der Waals surface area contributed by atoms with Crippen LogP contribution < -0.4 is 20.9 Å². The number of hydrogen-bond donors (Lipinski definition) is 3. The molecule has 2 aromatic carbocycles. The van der Waals surface area contributed by atoms with E-state index in [-0.39, 0.29) is 36.2 Å². The summed E-state index contributed by atoms with van der Waals surface area (Å²) in [7, 11) is 0. The lowest BCUT2D eigenvalue weighted by Crippen LogP contribution is -2.44. The first-order valence-corrected chi connectivity index (χ1v) is 9.12. The molecule has 1 aliphatic heterocycles. The van der Waals surface area contributed by atoms with Crippen molar-refractivity contribution in [3.05, 3.63) is 89.4 Å². The number of benzene rings is 2. The lowest BCUT2D eigenvalue weighted by Gasteiger charge is -2.11. The molecule has 0 radical (unpaired) electrons. The van der Waals surface area contributed by atoms with Crippen molar-refractivity contribution in [1.82, 2.24) is 16.2 Å². The van der Waals surface area contributed by atoms with Crippen molar-refractivity contribution in [2.75, 3.05) is 0 Å². The van der Waals surface area contributed by atoms with Crippen LogP contribution in [0.2, 0.25) is 0 Å². The van der Waals surface area contributed by atoms with Gasteiger partial charge in [-0.15, -0.1) is 0 Å². The van der Waals surface area contributed by atoms with Gasteiger partial charge in [0.25, 0.3) is 5.91 Å². The molecule has 0 bridgehead atoms. The van der Waals surface area contributed by atoms with E-state index in [1.807, 2.05) is 30.3 Å². The van der Waals surface area contributed by atoms with Crippen LogP contribution in [0, 0.1) is 11.6 Å². The van der Waals surface area contributed by atoms with Crippen molar-refractivity contribution in [3.63, 3.8) is 0 Å². The largest absolute Gasteiger partial charge is 0.483 e. The summed E-state index contributed by atoms with van der Waals surface area (Å²) in [6.45, 7) is -0.0881. The van der Waals surface area contributed by atoms with E-state index < -0.39 is 11.6 Å². The molecule has 1 fully saturated rings. The molecule has 1 aliphatic rings. The Labute approximate surface area is 165 Å². The molecule has 3 N–H and O–H groups in total. The number of carbonyl (C=O) groups is 1. The maximum absolute atomic E-state index is 13.6. The van der Waals surface area contributed by atoms with Gasteiger partial charge in [0.2, 0.25) is 0 Å². The van der Waals surface area contributed by atoms with E-state index in [1.165, 1.54) is 12.1 Å².